The fourth-order valence-corrected chi connectivity index (χ4v) is 5.17. The molecule has 0 bridgehead atoms. The van der Waals surface area contributed by atoms with Gasteiger partial charge in [-0.15, -0.1) is 0 Å². The molecule has 0 unspecified atom stereocenters. The van der Waals surface area contributed by atoms with Crippen molar-refractivity contribution in [2.75, 3.05) is 19.6 Å². The molecule has 1 saturated carbocycles. The van der Waals surface area contributed by atoms with Gasteiger partial charge in [-0.25, -0.2) is 9.67 Å². The summed E-state index contributed by atoms with van der Waals surface area (Å²) < 4.78 is 1.68. The van der Waals surface area contributed by atoms with Crippen molar-refractivity contribution in [2.45, 2.75) is 70.4 Å². The van der Waals surface area contributed by atoms with E-state index in [0.717, 1.165) is 38.3 Å². The van der Waals surface area contributed by atoms with E-state index in [0.29, 0.717) is 11.2 Å². The molecular formula is C23H33N5O. The first-order chi connectivity index (χ1) is 14.0. The molecule has 156 valence electrons. The maximum Gasteiger partial charge on any atom is 0.242 e. The van der Waals surface area contributed by atoms with E-state index in [2.05, 4.69) is 50.6 Å². The Morgan fingerprint density at radius 3 is 2.45 bits per heavy atom. The molecule has 2 aliphatic rings. The molecule has 6 nitrogen and oxygen atoms in total. The third-order valence-corrected chi connectivity index (χ3v) is 6.68. The quantitative estimate of drug-likeness (QED) is 0.817. The van der Waals surface area contributed by atoms with Crippen LogP contribution in [0.5, 0.6) is 0 Å². The summed E-state index contributed by atoms with van der Waals surface area (Å²) in [4.78, 5) is 19.3. The van der Waals surface area contributed by atoms with Crippen molar-refractivity contribution < 1.29 is 4.79 Å². The van der Waals surface area contributed by atoms with Gasteiger partial charge >= 0.3 is 0 Å². The van der Waals surface area contributed by atoms with Crippen LogP contribution in [-0.4, -0.2) is 51.2 Å². The summed E-state index contributed by atoms with van der Waals surface area (Å²) in [5.41, 5.74) is 1.83. The molecule has 1 aliphatic heterocycles. The van der Waals surface area contributed by atoms with Crippen LogP contribution in [0.4, 0.5) is 0 Å². The molecule has 0 spiro atoms. The number of amides is 1. The molecule has 1 N–H and O–H groups in total. The standard InChI is InChI=1S/C23H33N5O/c1-18-24-19(2)28(26-18)16-22(29)25-21-10-14-27(15-11-21)17-23(12-6-7-13-23)20-8-4-3-5-9-20/h3-5,8-9,21H,6-7,10-17H2,1-2H3,(H,25,29). The second-order valence-corrected chi connectivity index (χ2v) is 8.84. The molecule has 1 amide bonds. The lowest BCUT2D eigenvalue weighted by Crippen LogP contribution is -2.48. The topological polar surface area (TPSA) is 63.1 Å². The maximum atomic E-state index is 12.4. The summed E-state index contributed by atoms with van der Waals surface area (Å²) in [6.45, 7) is 7.25. The van der Waals surface area contributed by atoms with Crippen molar-refractivity contribution in [1.82, 2.24) is 25.0 Å². The molecule has 0 atom stereocenters. The normalized spacial score (nSPS) is 20.1. The Morgan fingerprint density at radius 2 is 1.83 bits per heavy atom. The van der Waals surface area contributed by atoms with Gasteiger partial charge < -0.3 is 10.2 Å². The van der Waals surface area contributed by atoms with Crippen molar-refractivity contribution >= 4 is 5.91 Å². The summed E-state index contributed by atoms with van der Waals surface area (Å²) in [5.74, 6) is 1.53. The molecule has 1 saturated heterocycles. The number of likely N-dealkylation sites (tertiary alicyclic amines) is 1. The lowest BCUT2D eigenvalue weighted by atomic mass is 9.78. The second kappa shape index (κ2) is 8.66. The Bertz CT molecular complexity index is 817. The highest BCUT2D eigenvalue weighted by Gasteiger charge is 2.37. The fourth-order valence-electron chi connectivity index (χ4n) is 5.17. The lowest BCUT2D eigenvalue weighted by Gasteiger charge is -2.39. The number of carbonyl (C=O) groups is 1. The molecule has 2 aromatic rings. The van der Waals surface area contributed by atoms with Crippen LogP contribution in [0.25, 0.3) is 0 Å². The monoisotopic (exact) mass is 395 g/mol. The van der Waals surface area contributed by atoms with Gasteiger partial charge in [0.05, 0.1) is 0 Å². The van der Waals surface area contributed by atoms with E-state index in [1.54, 1.807) is 4.68 Å². The van der Waals surface area contributed by atoms with Crippen LogP contribution in [-0.2, 0) is 16.8 Å². The lowest BCUT2D eigenvalue weighted by molar-refractivity contribution is -0.122. The number of hydrogen-bond acceptors (Lipinski definition) is 4. The number of nitrogens with one attached hydrogen (secondary N) is 1. The third kappa shape index (κ3) is 4.69. The minimum absolute atomic E-state index is 0.0352. The third-order valence-electron chi connectivity index (χ3n) is 6.68. The number of carbonyl (C=O) groups excluding carboxylic acids is 1. The minimum Gasteiger partial charge on any atom is -0.352 e. The zero-order valence-electron chi connectivity index (χ0n) is 17.7. The maximum absolute atomic E-state index is 12.4. The number of benzene rings is 1. The molecule has 1 aromatic heterocycles. The first-order valence-electron chi connectivity index (χ1n) is 11.0. The van der Waals surface area contributed by atoms with Crippen molar-refractivity contribution in [2.24, 2.45) is 0 Å². The summed E-state index contributed by atoms with van der Waals surface area (Å²) in [7, 11) is 0. The van der Waals surface area contributed by atoms with Crippen molar-refractivity contribution in [3.8, 4) is 0 Å². The zero-order valence-corrected chi connectivity index (χ0v) is 17.7. The number of rotatable bonds is 6. The Morgan fingerprint density at radius 1 is 1.14 bits per heavy atom. The average Bonchev–Trinajstić information content (AvgIpc) is 3.31. The van der Waals surface area contributed by atoms with Gasteiger partial charge in [0.25, 0.3) is 0 Å². The molecule has 0 radical (unpaired) electrons. The highest BCUT2D eigenvalue weighted by molar-refractivity contribution is 5.76. The predicted octanol–water partition coefficient (Wildman–Crippen LogP) is 2.99. The van der Waals surface area contributed by atoms with E-state index in [1.807, 2.05) is 13.8 Å². The fraction of sp³-hybridized carbons (Fsp3) is 0.609. The van der Waals surface area contributed by atoms with Crippen LogP contribution in [0.1, 0.15) is 55.7 Å². The summed E-state index contributed by atoms with van der Waals surface area (Å²) in [6, 6.07) is 11.4. The molecule has 29 heavy (non-hydrogen) atoms. The number of aromatic nitrogens is 3. The predicted molar refractivity (Wildman–Crippen MR) is 114 cm³/mol. The van der Waals surface area contributed by atoms with Gasteiger partial charge in [-0.3, -0.25) is 4.79 Å². The molecule has 4 rings (SSSR count). The van der Waals surface area contributed by atoms with Gasteiger partial charge in [-0.2, -0.15) is 5.10 Å². The van der Waals surface area contributed by atoms with E-state index in [9.17, 15) is 4.79 Å². The summed E-state index contributed by atoms with van der Waals surface area (Å²) in [5, 5.41) is 7.49. The first kappa shape index (κ1) is 20.1. The van der Waals surface area contributed by atoms with Gasteiger partial charge in [0, 0.05) is 31.1 Å². The largest absolute Gasteiger partial charge is 0.352 e. The van der Waals surface area contributed by atoms with E-state index in [1.165, 1.54) is 31.2 Å². The number of nitrogens with zero attached hydrogens (tertiary/aromatic N) is 4. The Kier molecular flexibility index (Phi) is 5.99. The highest BCUT2D eigenvalue weighted by atomic mass is 16.2. The van der Waals surface area contributed by atoms with E-state index >= 15 is 0 Å². The number of hydrogen-bond donors (Lipinski definition) is 1. The first-order valence-corrected chi connectivity index (χ1v) is 11.0. The van der Waals surface area contributed by atoms with Crippen LogP contribution >= 0.6 is 0 Å². The van der Waals surface area contributed by atoms with Crippen LogP contribution < -0.4 is 5.32 Å². The van der Waals surface area contributed by atoms with Crippen LogP contribution in [0.3, 0.4) is 0 Å². The second-order valence-electron chi connectivity index (χ2n) is 8.84. The highest BCUT2D eigenvalue weighted by Crippen LogP contribution is 2.42. The van der Waals surface area contributed by atoms with Crippen molar-refractivity contribution in [3.63, 3.8) is 0 Å². The van der Waals surface area contributed by atoms with E-state index in [-0.39, 0.29) is 18.5 Å². The molecule has 2 fully saturated rings. The number of piperidine rings is 1. The van der Waals surface area contributed by atoms with Crippen LogP contribution in [0, 0.1) is 13.8 Å². The SMILES string of the molecule is Cc1nc(C)n(CC(=O)NC2CCN(CC3(c4ccccc4)CCCC3)CC2)n1. The van der Waals surface area contributed by atoms with Crippen molar-refractivity contribution in [1.29, 1.82) is 0 Å². The average molecular weight is 396 g/mol. The summed E-state index contributed by atoms with van der Waals surface area (Å²) in [6.07, 6.45) is 7.30. The van der Waals surface area contributed by atoms with Crippen LogP contribution in [0.15, 0.2) is 30.3 Å². The van der Waals surface area contributed by atoms with Gasteiger partial charge in [0.15, 0.2) is 0 Å². The Hall–Kier alpha value is -2.21. The molecule has 6 heteroatoms. The molecule has 1 aromatic carbocycles. The Balaban J connectivity index is 1.29. The van der Waals surface area contributed by atoms with Gasteiger partial charge in [0.2, 0.25) is 5.91 Å². The smallest absolute Gasteiger partial charge is 0.242 e. The minimum atomic E-state index is 0.0352. The van der Waals surface area contributed by atoms with Crippen molar-refractivity contribution in [3.05, 3.63) is 47.5 Å². The Labute approximate surface area is 173 Å². The van der Waals surface area contributed by atoms with Gasteiger partial charge in [-0.1, -0.05) is 43.2 Å². The van der Waals surface area contributed by atoms with E-state index in [4.69, 9.17) is 0 Å². The molecule has 2 heterocycles. The number of aryl methyl sites for hydroxylation is 2. The van der Waals surface area contributed by atoms with Gasteiger partial charge in [-0.05, 0) is 45.1 Å². The summed E-state index contributed by atoms with van der Waals surface area (Å²) >= 11 is 0. The van der Waals surface area contributed by atoms with E-state index < -0.39 is 0 Å². The molecular weight excluding hydrogens is 362 g/mol. The zero-order chi connectivity index (χ0) is 20.3. The molecule has 1 aliphatic carbocycles. The van der Waals surface area contributed by atoms with Gasteiger partial charge in [0.1, 0.15) is 18.2 Å². The van der Waals surface area contributed by atoms with Crippen LogP contribution in [0.2, 0.25) is 0 Å².